The maximum Gasteiger partial charge on any atom is 0.105 e. The molecule has 0 fully saturated rings. The Kier molecular flexibility index (Phi) is 2.66. The van der Waals surface area contributed by atoms with Gasteiger partial charge in [0.1, 0.15) is 6.10 Å². The Morgan fingerprint density at radius 3 is 2.43 bits per heavy atom. The van der Waals surface area contributed by atoms with Gasteiger partial charge in [-0.25, -0.2) is 0 Å². The van der Waals surface area contributed by atoms with Crippen LogP contribution in [0.4, 0.5) is 0 Å². The van der Waals surface area contributed by atoms with Crippen LogP contribution in [-0.2, 0) is 0 Å². The maximum absolute atomic E-state index is 10.6. The molecule has 1 aliphatic rings. The Balaban J connectivity index is 2.13. The molecule has 104 valence electrons. The summed E-state index contributed by atoms with van der Waals surface area (Å²) in [4.78, 5) is 0. The van der Waals surface area contributed by atoms with E-state index in [4.69, 9.17) is 0 Å². The molecule has 1 aliphatic carbocycles. The number of aliphatic hydroxyl groups excluding tert-OH is 1. The molecule has 1 N–H and O–H groups in total. The molecule has 1 nitrogen and oxygen atoms in total. The Morgan fingerprint density at radius 2 is 1.62 bits per heavy atom. The van der Waals surface area contributed by atoms with Crippen molar-refractivity contribution in [1.29, 1.82) is 0 Å². The van der Waals surface area contributed by atoms with E-state index < -0.39 is 6.10 Å². The van der Waals surface area contributed by atoms with E-state index in [9.17, 15) is 5.11 Å². The zero-order chi connectivity index (χ0) is 14.6. The number of rotatable bonds is 1. The highest BCUT2D eigenvalue weighted by molar-refractivity contribution is 6.02. The smallest absolute Gasteiger partial charge is 0.105 e. The molecule has 0 aromatic heterocycles. The van der Waals surface area contributed by atoms with Crippen LogP contribution in [0.5, 0.6) is 0 Å². The molecule has 0 bridgehead atoms. The Morgan fingerprint density at radius 1 is 0.810 bits per heavy atom. The van der Waals surface area contributed by atoms with Gasteiger partial charge in [-0.3, -0.25) is 0 Å². The van der Waals surface area contributed by atoms with Gasteiger partial charge in [0.25, 0.3) is 0 Å². The first kappa shape index (κ1) is 12.6. The van der Waals surface area contributed by atoms with Crippen LogP contribution in [0.15, 0.2) is 54.6 Å². The van der Waals surface area contributed by atoms with Crippen LogP contribution in [0.2, 0.25) is 0 Å². The molecule has 4 rings (SSSR count). The van der Waals surface area contributed by atoms with Crippen LogP contribution in [0, 0.1) is 0 Å². The second-order valence-electron chi connectivity index (χ2n) is 6.12. The first-order valence-electron chi connectivity index (χ1n) is 7.51. The Labute approximate surface area is 124 Å². The van der Waals surface area contributed by atoms with Gasteiger partial charge in [-0.2, -0.15) is 0 Å². The highest BCUT2D eigenvalue weighted by atomic mass is 16.3. The van der Waals surface area contributed by atoms with Crippen molar-refractivity contribution < 1.29 is 5.11 Å². The van der Waals surface area contributed by atoms with Gasteiger partial charge in [0, 0.05) is 0 Å². The lowest BCUT2D eigenvalue weighted by atomic mass is 9.91. The average molecular weight is 274 g/mol. The monoisotopic (exact) mass is 274 g/mol. The van der Waals surface area contributed by atoms with Crippen molar-refractivity contribution in [2.75, 3.05) is 0 Å². The molecule has 0 radical (unpaired) electrons. The van der Waals surface area contributed by atoms with Gasteiger partial charge in [-0.1, -0.05) is 68.4 Å². The molecule has 1 heteroatoms. The van der Waals surface area contributed by atoms with E-state index in [2.05, 4.69) is 50.2 Å². The average Bonchev–Trinajstić information content (AvgIpc) is 2.80. The largest absolute Gasteiger partial charge is 0.384 e. The van der Waals surface area contributed by atoms with Crippen LogP contribution >= 0.6 is 0 Å². The molecule has 3 aromatic rings. The number of hydrogen-bond donors (Lipinski definition) is 1. The molecule has 1 atom stereocenters. The predicted octanol–water partition coefficient (Wildman–Crippen LogP) is 5.03. The molecular formula is C20H18O. The second kappa shape index (κ2) is 4.44. The predicted molar refractivity (Wildman–Crippen MR) is 87.5 cm³/mol. The summed E-state index contributed by atoms with van der Waals surface area (Å²) in [6, 6.07) is 19.0. The summed E-state index contributed by atoms with van der Waals surface area (Å²) in [5, 5.41) is 13.1. The molecule has 0 saturated carbocycles. The molecule has 0 heterocycles. The number of hydrogen-bond acceptors (Lipinski definition) is 1. The normalized spacial score (nSPS) is 16.3. The third-order valence-electron chi connectivity index (χ3n) is 4.57. The van der Waals surface area contributed by atoms with E-state index in [1.54, 1.807) is 0 Å². The van der Waals surface area contributed by atoms with Crippen LogP contribution in [0.25, 0.3) is 21.9 Å². The number of benzene rings is 3. The molecule has 0 amide bonds. The summed E-state index contributed by atoms with van der Waals surface area (Å²) in [6.45, 7) is 4.45. The van der Waals surface area contributed by atoms with E-state index in [-0.39, 0.29) is 0 Å². The van der Waals surface area contributed by atoms with Crippen LogP contribution in [0.3, 0.4) is 0 Å². The summed E-state index contributed by atoms with van der Waals surface area (Å²) in [5.41, 5.74) is 5.80. The Hall–Kier alpha value is -2.12. The minimum atomic E-state index is -0.497. The molecule has 0 aliphatic heterocycles. The maximum atomic E-state index is 10.6. The molecule has 21 heavy (non-hydrogen) atoms. The third-order valence-corrected chi connectivity index (χ3v) is 4.57. The highest BCUT2D eigenvalue weighted by Gasteiger charge is 2.28. The van der Waals surface area contributed by atoms with E-state index in [1.165, 1.54) is 27.5 Å². The summed E-state index contributed by atoms with van der Waals surface area (Å²) in [7, 11) is 0. The van der Waals surface area contributed by atoms with Gasteiger partial charge < -0.3 is 5.11 Å². The zero-order valence-corrected chi connectivity index (χ0v) is 12.3. The van der Waals surface area contributed by atoms with Gasteiger partial charge in [-0.15, -0.1) is 0 Å². The summed E-state index contributed by atoms with van der Waals surface area (Å²) in [6.07, 6.45) is -0.497. The lowest BCUT2D eigenvalue weighted by Crippen LogP contribution is -1.94. The van der Waals surface area contributed by atoms with E-state index >= 15 is 0 Å². The van der Waals surface area contributed by atoms with E-state index in [0.717, 1.165) is 11.1 Å². The molecule has 0 spiro atoms. The minimum Gasteiger partial charge on any atom is -0.384 e. The topological polar surface area (TPSA) is 20.2 Å². The molecule has 1 unspecified atom stereocenters. The molecule has 3 aromatic carbocycles. The van der Waals surface area contributed by atoms with Gasteiger partial charge in [0.05, 0.1) is 0 Å². The summed E-state index contributed by atoms with van der Waals surface area (Å²) >= 11 is 0. The number of aliphatic hydroxyl groups is 1. The summed E-state index contributed by atoms with van der Waals surface area (Å²) < 4.78 is 0. The summed E-state index contributed by atoms with van der Waals surface area (Å²) in [5.74, 6) is 0.494. The first-order valence-corrected chi connectivity index (χ1v) is 7.51. The van der Waals surface area contributed by atoms with Crippen molar-refractivity contribution in [2.24, 2.45) is 0 Å². The highest BCUT2D eigenvalue weighted by Crippen LogP contribution is 2.47. The fraction of sp³-hybridized carbons (Fsp3) is 0.200. The standard InChI is InChI=1S/C20H18O/c1-12(2)13-8-5-9-15-14(13)10-11-18-19(15)16-6-3-4-7-17(16)20(18)21/h3-12,20-21H,1-2H3. The first-order chi connectivity index (χ1) is 10.2. The van der Waals surface area contributed by atoms with Crippen LogP contribution in [-0.4, -0.2) is 5.11 Å². The van der Waals surface area contributed by atoms with Gasteiger partial charge in [0.2, 0.25) is 0 Å². The SMILES string of the molecule is CC(C)c1cccc2c3c(ccc12)C(O)c1ccccc1-3. The zero-order valence-electron chi connectivity index (χ0n) is 12.3. The van der Waals surface area contributed by atoms with Gasteiger partial charge in [-0.05, 0) is 44.5 Å². The van der Waals surface area contributed by atoms with Crippen molar-refractivity contribution in [3.63, 3.8) is 0 Å². The van der Waals surface area contributed by atoms with Crippen molar-refractivity contribution in [3.05, 3.63) is 71.3 Å². The van der Waals surface area contributed by atoms with Crippen LogP contribution in [0.1, 0.15) is 42.6 Å². The third kappa shape index (κ3) is 1.68. The van der Waals surface area contributed by atoms with Crippen LogP contribution < -0.4 is 0 Å². The lowest BCUT2D eigenvalue weighted by Gasteiger charge is -2.13. The fourth-order valence-electron chi connectivity index (χ4n) is 3.56. The second-order valence-corrected chi connectivity index (χ2v) is 6.12. The molecule has 0 saturated heterocycles. The minimum absolute atomic E-state index is 0.494. The van der Waals surface area contributed by atoms with Crippen molar-refractivity contribution in [3.8, 4) is 11.1 Å². The van der Waals surface area contributed by atoms with E-state index in [1.807, 2.05) is 18.2 Å². The van der Waals surface area contributed by atoms with Crippen molar-refractivity contribution >= 4 is 10.8 Å². The van der Waals surface area contributed by atoms with Gasteiger partial charge in [0.15, 0.2) is 0 Å². The van der Waals surface area contributed by atoms with Gasteiger partial charge >= 0.3 is 0 Å². The van der Waals surface area contributed by atoms with Crippen molar-refractivity contribution in [1.82, 2.24) is 0 Å². The number of fused-ring (bicyclic) bond motifs is 5. The van der Waals surface area contributed by atoms with E-state index in [0.29, 0.717) is 5.92 Å². The lowest BCUT2D eigenvalue weighted by molar-refractivity contribution is 0.225. The Bertz CT molecular complexity index is 846. The van der Waals surface area contributed by atoms with Crippen molar-refractivity contribution in [2.45, 2.75) is 25.9 Å². The molecular weight excluding hydrogens is 256 g/mol. The quantitative estimate of drug-likeness (QED) is 0.660. The fourth-order valence-corrected chi connectivity index (χ4v) is 3.56.